The zero-order chi connectivity index (χ0) is 21.2. The Bertz CT molecular complexity index is 583. The Balaban J connectivity index is 0.00000341. The molecule has 0 radical (unpaired) electrons. The summed E-state index contributed by atoms with van der Waals surface area (Å²) in [5.41, 5.74) is 0. The number of nitrogens with one attached hydrogen (secondary N) is 2. The lowest BCUT2D eigenvalue weighted by molar-refractivity contribution is -0.132. The number of piperazine rings is 1. The third kappa shape index (κ3) is 9.51. The first-order valence-corrected chi connectivity index (χ1v) is 12.0. The number of carbonyl (C=O) groups is 2. The van der Waals surface area contributed by atoms with E-state index in [-0.39, 0.29) is 35.8 Å². The van der Waals surface area contributed by atoms with Crippen molar-refractivity contribution in [1.29, 1.82) is 0 Å². The van der Waals surface area contributed by atoms with Crippen molar-refractivity contribution in [3.8, 4) is 0 Å². The van der Waals surface area contributed by atoms with Crippen molar-refractivity contribution < 1.29 is 9.59 Å². The average Bonchev–Trinajstić information content (AvgIpc) is 3.58. The zero-order valence-electron chi connectivity index (χ0n) is 19.1. The van der Waals surface area contributed by atoms with Gasteiger partial charge in [0.05, 0.1) is 6.54 Å². The van der Waals surface area contributed by atoms with Crippen LogP contribution in [0, 0.1) is 0 Å². The molecule has 9 heteroatoms. The van der Waals surface area contributed by atoms with Crippen LogP contribution in [0.2, 0.25) is 0 Å². The Morgan fingerprint density at radius 3 is 2.23 bits per heavy atom. The molecule has 0 spiro atoms. The first kappa shape index (κ1) is 26.2. The Morgan fingerprint density at radius 2 is 1.61 bits per heavy atom. The molecule has 2 amide bonds. The van der Waals surface area contributed by atoms with Crippen LogP contribution in [0.5, 0.6) is 0 Å². The van der Waals surface area contributed by atoms with Gasteiger partial charge in [0.15, 0.2) is 5.96 Å². The first-order valence-electron chi connectivity index (χ1n) is 12.0. The SMILES string of the molecule is CCNC(=NCCCC(=O)NC1CC1)N1CCN(CC(=O)N2CCCCCC2)CC1.I. The van der Waals surface area contributed by atoms with Crippen molar-refractivity contribution in [2.75, 3.05) is 58.9 Å². The largest absolute Gasteiger partial charge is 0.357 e. The highest BCUT2D eigenvalue weighted by Gasteiger charge is 2.24. The molecule has 2 saturated heterocycles. The number of amides is 2. The van der Waals surface area contributed by atoms with Gasteiger partial charge in [0.25, 0.3) is 0 Å². The molecule has 178 valence electrons. The predicted molar refractivity (Wildman–Crippen MR) is 135 cm³/mol. The highest BCUT2D eigenvalue weighted by atomic mass is 127. The molecule has 3 fully saturated rings. The van der Waals surface area contributed by atoms with Crippen molar-refractivity contribution in [3.05, 3.63) is 0 Å². The molecule has 0 aromatic carbocycles. The van der Waals surface area contributed by atoms with Gasteiger partial charge in [0.2, 0.25) is 11.8 Å². The summed E-state index contributed by atoms with van der Waals surface area (Å²) < 4.78 is 0. The number of nitrogens with zero attached hydrogens (tertiary/aromatic N) is 4. The maximum absolute atomic E-state index is 12.6. The van der Waals surface area contributed by atoms with Crippen LogP contribution in [-0.4, -0.2) is 97.4 Å². The van der Waals surface area contributed by atoms with Crippen LogP contribution in [0.25, 0.3) is 0 Å². The second kappa shape index (κ2) is 14.1. The third-order valence-electron chi connectivity index (χ3n) is 6.09. The summed E-state index contributed by atoms with van der Waals surface area (Å²) in [4.78, 5) is 35.8. The molecule has 31 heavy (non-hydrogen) atoms. The van der Waals surface area contributed by atoms with Crippen LogP contribution in [0.3, 0.4) is 0 Å². The van der Waals surface area contributed by atoms with Gasteiger partial charge in [-0.3, -0.25) is 19.5 Å². The van der Waals surface area contributed by atoms with E-state index < -0.39 is 0 Å². The monoisotopic (exact) mass is 548 g/mol. The molecule has 2 heterocycles. The number of hydrogen-bond donors (Lipinski definition) is 2. The van der Waals surface area contributed by atoms with Crippen molar-refractivity contribution >= 4 is 41.8 Å². The molecule has 0 unspecified atom stereocenters. The van der Waals surface area contributed by atoms with E-state index in [1.807, 2.05) is 0 Å². The highest BCUT2D eigenvalue weighted by Crippen LogP contribution is 2.18. The smallest absolute Gasteiger partial charge is 0.236 e. The van der Waals surface area contributed by atoms with Crippen molar-refractivity contribution in [2.45, 2.75) is 64.3 Å². The molecule has 3 aliphatic rings. The minimum atomic E-state index is 0. The molecule has 0 bridgehead atoms. The minimum Gasteiger partial charge on any atom is -0.357 e. The van der Waals surface area contributed by atoms with Gasteiger partial charge >= 0.3 is 0 Å². The minimum absolute atomic E-state index is 0. The first-order chi connectivity index (χ1) is 14.7. The Labute approximate surface area is 204 Å². The van der Waals surface area contributed by atoms with E-state index >= 15 is 0 Å². The van der Waals surface area contributed by atoms with Crippen LogP contribution in [0.15, 0.2) is 4.99 Å². The summed E-state index contributed by atoms with van der Waals surface area (Å²) in [7, 11) is 0. The van der Waals surface area contributed by atoms with E-state index in [2.05, 4.69) is 32.3 Å². The van der Waals surface area contributed by atoms with Crippen LogP contribution in [0.1, 0.15) is 58.3 Å². The van der Waals surface area contributed by atoms with Gasteiger partial charge in [-0.2, -0.15) is 0 Å². The summed E-state index contributed by atoms with van der Waals surface area (Å²) in [5.74, 6) is 1.37. The van der Waals surface area contributed by atoms with Crippen LogP contribution >= 0.6 is 24.0 Å². The van der Waals surface area contributed by atoms with Crippen LogP contribution in [0.4, 0.5) is 0 Å². The lowest BCUT2D eigenvalue weighted by atomic mass is 10.2. The quantitative estimate of drug-likeness (QED) is 0.209. The van der Waals surface area contributed by atoms with Gasteiger partial charge in [-0.25, -0.2) is 0 Å². The molecule has 0 aromatic heterocycles. The predicted octanol–water partition coefficient (Wildman–Crippen LogP) is 1.65. The van der Waals surface area contributed by atoms with E-state index in [1.165, 1.54) is 12.8 Å². The fraction of sp³-hybridized carbons (Fsp3) is 0.864. The number of rotatable bonds is 8. The van der Waals surface area contributed by atoms with Gasteiger partial charge in [-0.15, -0.1) is 24.0 Å². The van der Waals surface area contributed by atoms with E-state index in [0.717, 1.165) is 83.9 Å². The molecular weight excluding hydrogens is 507 g/mol. The van der Waals surface area contributed by atoms with E-state index in [4.69, 9.17) is 4.99 Å². The Kier molecular flexibility index (Phi) is 11.9. The Hall–Kier alpha value is -1.10. The number of carbonyl (C=O) groups excluding carboxylic acids is 2. The van der Waals surface area contributed by atoms with Crippen molar-refractivity contribution in [1.82, 2.24) is 25.3 Å². The number of halogens is 1. The molecule has 3 rings (SSSR count). The molecule has 1 aliphatic carbocycles. The van der Waals surface area contributed by atoms with Gasteiger partial charge in [-0.1, -0.05) is 12.8 Å². The number of guanidine groups is 1. The molecular formula is C22H41IN6O2. The summed E-state index contributed by atoms with van der Waals surface area (Å²) in [6.45, 7) is 9.47. The standard InChI is InChI=1S/C22H40N6O2.HI/c1-2-23-22(24-11-7-8-20(29)25-19-9-10-19)28-16-14-26(15-17-28)18-21(30)27-12-5-3-4-6-13-27;/h19H,2-18H2,1H3,(H,23,24)(H,25,29);1H. The fourth-order valence-corrected chi connectivity index (χ4v) is 4.11. The number of hydrogen-bond acceptors (Lipinski definition) is 4. The summed E-state index contributed by atoms with van der Waals surface area (Å²) in [5, 5.41) is 6.41. The van der Waals surface area contributed by atoms with E-state index in [9.17, 15) is 9.59 Å². The molecule has 1 saturated carbocycles. The topological polar surface area (TPSA) is 80.3 Å². The Morgan fingerprint density at radius 1 is 0.935 bits per heavy atom. The highest BCUT2D eigenvalue weighted by molar-refractivity contribution is 14.0. The van der Waals surface area contributed by atoms with Crippen LogP contribution < -0.4 is 10.6 Å². The van der Waals surface area contributed by atoms with Gasteiger partial charge < -0.3 is 20.4 Å². The molecule has 2 aliphatic heterocycles. The second-order valence-electron chi connectivity index (χ2n) is 8.74. The maximum atomic E-state index is 12.6. The molecule has 2 N–H and O–H groups in total. The van der Waals surface area contributed by atoms with Gasteiger partial charge in [0.1, 0.15) is 0 Å². The lowest BCUT2D eigenvalue weighted by Gasteiger charge is -2.37. The zero-order valence-corrected chi connectivity index (χ0v) is 21.4. The van der Waals surface area contributed by atoms with Crippen molar-refractivity contribution in [3.63, 3.8) is 0 Å². The number of aliphatic imine (C=N–C) groups is 1. The normalized spacial score (nSPS) is 20.6. The van der Waals surface area contributed by atoms with E-state index in [1.54, 1.807) is 0 Å². The molecule has 8 nitrogen and oxygen atoms in total. The van der Waals surface area contributed by atoms with Crippen molar-refractivity contribution in [2.24, 2.45) is 4.99 Å². The summed E-state index contributed by atoms with van der Waals surface area (Å²) in [6, 6.07) is 0.431. The maximum Gasteiger partial charge on any atom is 0.236 e. The molecule has 0 atom stereocenters. The van der Waals surface area contributed by atoms with E-state index in [0.29, 0.717) is 25.6 Å². The average molecular weight is 549 g/mol. The van der Waals surface area contributed by atoms with Gasteiger partial charge in [0, 0.05) is 64.8 Å². The lowest BCUT2D eigenvalue weighted by Crippen LogP contribution is -2.54. The third-order valence-corrected chi connectivity index (χ3v) is 6.09. The molecule has 0 aromatic rings. The van der Waals surface area contributed by atoms with Gasteiger partial charge in [-0.05, 0) is 39.0 Å². The second-order valence-corrected chi connectivity index (χ2v) is 8.74. The number of likely N-dealkylation sites (tertiary alicyclic amines) is 1. The summed E-state index contributed by atoms with van der Waals surface area (Å²) in [6.07, 6.45) is 8.37. The summed E-state index contributed by atoms with van der Waals surface area (Å²) >= 11 is 0. The van der Waals surface area contributed by atoms with Crippen LogP contribution in [-0.2, 0) is 9.59 Å². The fourth-order valence-electron chi connectivity index (χ4n) is 4.11.